The van der Waals surface area contributed by atoms with E-state index >= 15 is 0 Å². The van der Waals surface area contributed by atoms with E-state index in [0.29, 0.717) is 31.9 Å². The lowest BCUT2D eigenvalue weighted by Gasteiger charge is -2.24. The molecule has 2 aromatic carbocycles. The van der Waals surface area contributed by atoms with Crippen LogP contribution >= 0.6 is 11.3 Å². The first-order chi connectivity index (χ1) is 16.9. The number of thiazole rings is 1. The van der Waals surface area contributed by atoms with E-state index in [1.807, 2.05) is 42.5 Å². The summed E-state index contributed by atoms with van der Waals surface area (Å²) in [6.45, 7) is 4.98. The summed E-state index contributed by atoms with van der Waals surface area (Å²) in [7, 11) is 0. The zero-order valence-electron chi connectivity index (χ0n) is 19.6. The first-order valence-electron chi connectivity index (χ1n) is 11.1. The van der Waals surface area contributed by atoms with Gasteiger partial charge in [-0.05, 0) is 43.2 Å². The smallest absolute Gasteiger partial charge is 0.338 e. The molecule has 8 heteroatoms. The number of benzene rings is 2. The molecule has 1 aliphatic heterocycles. The average Bonchev–Trinajstić information content (AvgIpc) is 3.14. The number of hydrogen-bond donors (Lipinski definition) is 0. The van der Waals surface area contributed by atoms with Crippen molar-refractivity contribution in [1.29, 1.82) is 0 Å². The van der Waals surface area contributed by atoms with Crippen molar-refractivity contribution in [2.24, 2.45) is 4.99 Å². The molecule has 178 valence electrons. The first kappa shape index (κ1) is 24.1. The van der Waals surface area contributed by atoms with Gasteiger partial charge in [0.05, 0.1) is 28.5 Å². The van der Waals surface area contributed by atoms with E-state index in [1.165, 1.54) is 22.8 Å². The highest BCUT2D eigenvalue weighted by Crippen LogP contribution is 2.31. The SMILES string of the molecule is CCOC(=O)C1=C(C)N=c2s/c(=C\C=C\c3ccccc3)c(=O)n2[C@@H]1c1ccc(OC(C)=O)cc1. The van der Waals surface area contributed by atoms with Crippen LogP contribution in [-0.4, -0.2) is 23.1 Å². The quantitative estimate of drug-likeness (QED) is 0.392. The lowest BCUT2D eigenvalue weighted by molar-refractivity contribution is -0.139. The number of ether oxygens (including phenoxy) is 2. The minimum absolute atomic E-state index is 0.197. The van der Waals surface area contributed by atoms with Gasteiger partial charge in [0.15, 0.2) is 4.80 Å². The largest absolute Gasteiger partial charge is 0.463 e. The minimum atomic E-state index is -0.725. The summed E-state index contributed by atoms with van der Waals surface area (Å²) in [6, 6.07) is 15.8. The lowest BCUT2D eigenvalue weighted by Crippen LogP contribution is -2.39. The molecule has 0 bridgehead atoms. The van der Waals surface area contributed by atoms with Crippen LogP contribution in [0.4, 0.5) is 0 Å². The van der Waals surface area contributed by atoms with E-state index in [1.54, 1.807) is 44.2 Å². The van der Waals surface area contributed by atoms with Gasteiger partial charge < -0.3 is 9.47 Å². The molecule has 0 spiro atoms. The Labute approximate surface area is 206 Å². The van der Waals surface area contributed by atoms with Gasteiger partial charge in [0.25, 0.3) is 5.56 Å². The van der Waals surface area contributed by atoms with Gasteiger partial charge in [0, 0.05) is 6.92 Å². The Kier molecular flexibility index (Phi) is 7.22. The van der Waals surface area contributed by atoms with Crippen molar-refractivity contribution in [2.75, 3.05) is 6.61 Å². The molecule has 0 saturated carbocycles. The van der Waals surface area contributed by atoms with E-state index in [9.17, 15) is 14.4 Å². The predicted molar refractivity (Wildman–Crippen MR) is 135 cm³/mol. The van der Waals surface area contributed by atoms with Gasteiger partial charge >= 0.3 is 11.9 Å². The third kappa shape index (κ3) is 5.22. The second-order valence-electron chi connectivity index (χ2n) is 7.76. The highest BCUT2D eigenvalue weighted by Gasteiger charge is 2.33. The van der Waals surface area contributed by atoms with Crippen LogP contribution in [0.15, 0.2) is 81.7 Å². The predicted octanol–water partition coefficient (Wildman–Crippen LogP) is 3.39. The fraction of sp³-hybridized carbons (Fsp3) is 0.185. The highest BCUT2D eigenvalue weighted by molar-refractivity contribution is 7.07. The molecule has 35 heavy (non-hydrogen) atoms. The molecule has 2 heterocycles. The summed E-state index contributed by atoms with van der Waals surface area (Å²) < 4.78 is 12.4. The normalized spacial score (nSPS) is 15.6. The molecule has 0 radical (unpaired) electrons. The highest BCUT2D eigenvalue weighted by atomic mass is 32.1. The molecule has 0 unspecified atom stereocenters. The molecule has 0 N–H and O–H groups in total. The topological polar surface area (TPSA) is 87.0 Å². The molecule has 3 aromatic rings. The van der Waals surface area contributed by atoms with Crippen molar-refractivity contribution in [2.45, 2.75) is 26.8 Å². The van der Waals surface area contributed by atoms with Crippen LogP contribution in [-0.2, 0) is 14.3 Å². The number of rotatable bonds is 6. The Hall–Kier alpha value is -4.04. The molecule has 0 saturated heterocycles. The summed E-state index contributed by atoms with van der Waals surface area (Å²) in [4.78, 5) is 42.7. The van der Waals surface area contributed by atoms with Crippen LogP contribution in [0.5, 0.6) is 5.75 Å². The van der Waals surface area contributed by atoms with E-state index in [0.717, 1.165) is 5.56 Å². The number of allylic oxidation sites excluding steroid dienone is 2. The van der Waals surface area contributed by atoms with Crippen LogP contribution in [0.2, 0.25) is 0 Å². The van der Waals surface area contributed by atoms with Crippen LogP contribution in [0.1, 0.15) is 37.9 Å². The second-order valence-corrected chi connectivity index (χ2v) is 8.77. The van der Waals surface area contributed by atoms with Crippen molar-refractivity contribution in [3.05, 3.63) is 103 Å². The Bertz CT molecular complexity index is 1500. The summed E-state index contributed by atoms with van der Waals surface area (Å²) in [5, 5.41) is 0. The van der Waals surface area contributed by atoms with E-state index < -0.39 is 18.0 Å². The molecule has 4 rings (SSSR count). The third-order valence-corrected chi connectivity index (χ3v) is 6.31. The van der Waals surface area contributed by atoms with E-state index in [-0.39, 0.29) is 12.2 Å². The first-order valence-corrected chi connectivity index (χ1v) is 11.9. The minimum Gasteiger partial charge on any atom is -0.463 e. The zero-order valence-corrected chi connectivity index (χ0v) is 20.4. The Balaban J connectivity index is 1.83. The fourth-order valence-corrected chi connectivity index (χ4v) is 4.81. The maximum Gasteiger partial charge on any atom is 0.338 e. The molecule has 0 amide bonds. The fourth-order valence-electron chi connectivity index (χ4n) is 3.82. The molecule has 0 aliphatic carbocycles. The van der Waals surface area contributed by atoms with Crippen molar-refractivity contribution < 1.29 is 19.1 Å². The Morgan fingerprint density at radius 1 is 1.11 bits per heavy atom. The van der Waals surface area contributed by atoms with Gasteiger partial charge in [0.2, 0.25) is 0 Å². The van der Waals surface area contributed by atoms with Gasteiger partial charge in [0.1, 0.15) is 5.75 Å². The molecular formula is C27H24N2O5S. The number of esters is 2. The lowest BCUT2D eigenvalue weighted by atomic mass is 9.96. The van der Waals surface area contributed by atoms with E-state index in [4.69, 9.17) is 9.47 Å². The van der Waals surface area contributed by atoms with Crippen LogP contribution in [0, 0.1) is 0 Å². The van der Waals surface area contributed by atoms with Crippen molar-refractivity contribution in [3.8, 4) is 5.75 Å². The van der Waals surface area contributed by atoms with Gasteiger partial charge in [-0.25, -0.2) is 9.79 Å². The number of hydrogen-bond acceptors (Lipinski definition) is 7. The standard InChI is InChI=1S/C27H24N2O5S/c1-4-33-26(32)23-17(2)28-27-29(24(23)20-13-15-21(16-14-20)34-18(3)30)25(31)22(35-27)12-8-11-19-9-6-5-7-10-19/h5-16,24H,4H2,1-3H3/b11-8+,22-12-/t24-/m1/s1. The van der Waals surface area contributed by atoms with Gasteiger partial charge in [-0.3, -0.25) is 14.2 Å². The van der Waals surface area contributed by atoms with Gasteiger partial charge in [-0.2, -0.15) is 0 Å². The molecule has 1 aromatic heterocycles. The molecule has 1 aliphatic rings. The van der Waals surface area contributed by atoms with Gasteiger partial charge in [-0.15, -0.1) is 0 Å². The zero-order chi connectivity index (χ0) is 24.9. The maximum atomic E-state index is 13.5. The summed E-state index contributed by atoms with van der Waals surface area (Å²) in [5.41, 5.74) is 2.22. The third-order valence-electron chi connectivity index (χ3n) is 5.31. The van der Waals surface area contributed by atoms with E-state index in [2.05, 4.69) is 4.99 Å². The average molecular weight is 489 g/mol. The Morgan fingerprint density at radius 2 is 1.83 bits per heavy atom. The second kappa shape index (κ2) is 10.5. The number of fused-ring (bicyclic) bond motifs is 1. The Morgan fingerprint density at radius 3 is 2.49 bits per heavy atom. The summed E-state index contributed by atoms with van der Waals surface area (Å²) in [5.74, 6) is -0.587. The summed E-state index contributed by atoms with van der Waals surface area (Å²) >= 11 is 1.26. The number of nitrogens with zero attached hydrogens (tertiary/aromatic N) is 2. The molecule has 1 atom stereocenters. The van der Waals surface area contributed by atoms with Crippen LogP contribution in [0.3, 0.4) is 0 Å². The maximum absolute atomic E-state index is 13.5. The molecule has 0 fully saturated rings. The number of carbonyl (C=O) groups is 2. The van der Waals surface area contributed by atoms with Gasteiger partial charge in [-0.1, -0.05) is 66.0 Å². The number of aromatic nitrogens is 1. The summed E-state index contributed by atoms with van der Waals surface area (Å²) in [6.07, 6.45) is 5.49. The molecule has 7 nitrogen and oxygen atoms in total. The molecular weight excluding hydrogens is 464 g/mol. The van der Waals surface area contributed by atoms with Crippen molar-refractivity contribution in [3.63, 3.8) is 0 Å². The van der Waals surface area contributed by atoms with Crippen molar-refractivity contribution in [1.82, 2.24) is 4.57 Å². The monoisotopic (exact) mass is 488 g/mol. The van der Waals surface area contributed by atoms with Crippen LogP contribution < -0.4 is 19.6 Å². The number of carbonyl (C=O) groups excluding carboxylic acids is 2. The van der Waals surface area contributed by atoms with Crippen molar-refractivity contribution >= 4 is 35.4 Å². The van der Waals surface area contributed by atoms with Crippen LogP contribution in [0.25, 0.3) is 12.2 Å².